The molecule has 6 nitrogen and oxygen atoms in total. The first kappa shape index (κ1) is 17.1. The van der Waals surface area contributed by atoms with Crippen LogP contribution in [0, 0.1) is 5.82 Å². The molecule has 1 fully saturated rings. The predicted octanol–water partition coefficient (Wildman–Crippen LogP) is 2.92. The minimum Gasteiger partial charge on any atom is -0.368 e. The number of hydrogen-bond donors (Lipinski definition) is 2. The van der Waals surface area contributed by atoms with Crippen LogP contribution in [0.3, 0.4) is 0 Å². The fourth-order valence-corrected chi connectivity index (χ4v) is 3.08. The Morgan fingerprint density at radius 1 is 1.11 bits per heavy atom. The Labute approximate surface area is 155 Å². The van der Waals surface area contributed by atoms with E-state index in [9.17, 15) is 9.18 Å². The van der Waals surface area contributed by atoms with Crippen LogP contribution in [0.5, 0.6) is 0 Å². The van der Waals surface area contributed by atoms with Gasteiger partial charge in [0, 0.05) is 29.9 Å². The minimum absolute atomic E-state index is 0.0355. The summed E-state index contributed by atoms with van der Waals surface area (Å²) in [5.41, 5.74) is 8.06. The van der Waals surface area contributed by atoms with Crippen molar-refractivity contribution in [1.82, 2.24) is 15.2 Å². The summed E-state index contributed by atoms with van der Waals surface area (Å²) in [6, 6.07) is 12.0. The Kier molecular flexibility index (Phi) is 4.27. The van der Waals surface area contributed by atoms with Crippen LogP contribution < -0.4 is 11.1 Å². The van der Waals surface area contributed by atoms with Gasteiger partial charge in [0.25, 0.3) is 0 Å². The van der Waals surface area contributed by atoms with E-state index in [1.165, 1.54) is 18.3 Å². The summed E-state index contributed by atoms with van der Waals surface area (Å²) in [6.07, 6.45) is 5.14. The van der Waals surface area contributed by atoms with Gasteiger partial charge in [-0.05, 0) is 48.7 Å². The molecule has 27 heavy (non-hydrogen) atoms. The van der Waals surface area contributed by atoms with Crippen molar-refractivity contribution >= 4 is 11.7 Å². The summed E-state index contributed by atoms with van der Waals surface area (Å²) in [5.74, 6) is -0.101. The van der Waals surface area contributed by atoms with Gasteiger partial charge < -0.3 is 11.1 Å². The molecule has 1 aromatic carbocycles. The molecule has 0 bridgehead atoms. The van der Waals surface area contributed by atoms with Gasteiger partial charge in [0.1, 0.15) is 11.6 Å². The Bertz CT molecular complexity index is 968. The third kappa shape index (κ3) is 3.62. The lowest BCUT2D eigenvalue weighted by Gasteiger charge is -2.17. The molecular formula is C20H18FN5O. The number of halogens is 1. The highest BCUT2D eigenvalue weighted by Crippen LogP contribution is 2.48. The topological polar surface area (TPSA) is 93.8 Å². The number of benzene rings is 1. The van der Waals surface area contributed by atoms with Crippen molar-refractivity contribution in [3.63, 3.8) is 0 Å². The summed E-state index contributed by atoms with van der Waals surface area (Å²) in [6.45, 7) is 0.714. The van der Waals surface area contributed by atoms with E-state index in [1.807, 2.05) is 24.3 Å². The number of nitrogens with one attached hydrogen (secondary N) is 1. The van der Waals surface area contributed by atoms with Gasteiger partial charge >= 0.3 is 0 Å². The zero-order chi connectivity index (χ0) is 18.9. The van der Waals surface area contributed by atoms with Crippen LogP contribution in [0.1, 0.15) is 28.8 Å². The van der Waals surface area contributed by atoms with Crippen molar-refractivity contribution in [2.75, 3.05) is 11.9 Å². The third-order valence-electron chi connectivity index (χ3n) is 4.90. The molecule has 136 valence electrons. The van der Waals surface area contributed by atoms with Crippen molar-refractivity contribution in [2.24, 2.45) is 5.73 Å². The van der Waals surface area contributed by atoms with Crippen LogP contribution in [0.15, 0.2) is 54.9 Å². The van der Waals surface area contributed by atoms with Gasteiger partial charge in [0.2, 0.25) is 5.91 Å². The number of nitrogens with zero attached hydrogens (tertiary/aromatic N) is 3. The zero-order valence-corrected chi connectivity index (χ0v) is 14.5. The molecule has 0 spiro atoms. The molecule has 1 saturated carbocycles. The lowest BCUT2D eigenvalue weighted by Crippen LogP contribution is -2.20. The summed E-state index contributed by atoms with van der Waals surface area (Å²) in [7, 11) is 0. The molecule has 3 aromatic rings. The van der Waals surface area contributed by atoms with E-state index in [-0.39, 0.29) is 11.2 Å². The number of hydrogen-bond acceptors (Lipinski definition) is 5. The first-order valence-electron chi connectivity index (χ1n) is 8.65. The number of primary amides is 1. The molecule has 4 rings (SSSR count). The van der Waals surface area contributed by atoms with Gasteiger partial charge in [-0.3, -0.25) is 9.78 Å². The van der Waals surface area contributed by atoms with E-state index in [1.54, 1.807) is 12.3 Å². The Morgan fingerprint density at radius 2 is 1.89 bits per heavy atom. The summed E-state index contributed by atoms with van der Waals surface area (Å²) in [4.78, 5) is 15.3. The van der Waals surface area contributed by atoms with Gasteiger partial charge in [-0.1, -0.05) is 12.1 Å². The molecule has 0 saturated heterocycles. The number of pyridine rings is 1. The summed E-state index contributed by atoms with van der Waals surface area (Å²) in [5, 5.41) is 11.7. The molecule has 0 radical (unpaired) electrons. The second-order valence-corrected chi connectivity index (χ2v) is 6.77. The zero-order valence-electron chi connectivity index (χ0n) is 14.5. The molecule has 3 N–H and O–H groups in total. The number of rotatable bonds is 6. The molecule has 1 amide bonds. The Balaban J connectivity index is 1.45. The van der Waals surface area contributed by atoms with Crippen molar-refractivity contribution in [3.8, 4) is 11.3 Å². The van der Waals surface area contributed by atoms with Crippen LogP contribution in [0.2, 0.25) is 0 Å². The lowest BCUT2D eigenvalue weighted by molar-refractivity contribution is 0.1000. The third-order valence-corrected chi connectivity index (χ3v) is 4.90. The van der Waals surface area contributed by atoms with E-state index >= 15 is 0 Å². The molecular weight excluding hydrogens is 345 g/mol. The van der Waals surface area contributed by atoms with Gasteiger partial charge in [0.05, 0.1) is 11.3 Å². The second-order valence-electron chi connectivity index (χ2n) is 6.77. The summed E-state index contributed by atoms with van der Waals surface area (Å²) >= 11 is 0. The highest BCUT2D eigenvalue weighted by atomic mass is 19.1. The SMILES string of the molecule is NC(=O)c1cncc(-c2ccc(NCC3(c4ccc(F)cc4)CC3)nn2)c1. The quantitative estimate of drug-likeness (QED) is 0.702. The highest BCUT2D eigenvalue weighted by molar-refractivity contribution is 5.93. The Morgan fingerprint density at radius 3 is 2.52 bits per heavy atom. The molecule has 0 unspecified atom stereocenters. The molecule has 2 heterocycles. The van der Waals surface area contributed by atoms with Crippen molar-refractivity contribution in [1.29, 1.82) is 0 Å². The van der Waals surface area contributed by atoms with Gasteiger partial charge in [-0.25, -0.2) is 4.39 Å². The maximum Gasteiger partial charge on any atom is 0.250 e. The highest BCUT2D eigenvalue weighted by Gasteiger charge is 2.44. The van der Waals surface area contributed by atoms with Crippen molar-refractivity contribution < 1.29 is 9.18 Å². The number of aromatic nitrogens is 3. The van der Waals surface area contributed by atoms with Crippen LogP contribution in [-0.2, 0) is 5.41 Å². The molecule has 2 aromatic heterocycles. The maximum atomic E-state index is 13.1. The van der Waals surface area contributed by atoms with E-state index in [0.29, 0.717) is 29.2 Å². The van der Waals surface area contributed by atoms with E-state index in [2.05, 4.69) is 20.5 Å². The predicted molar refractivity (Wildman–Crippen MR) is 99.6 cm³/mol. The molecule has 0 aliphatic heterocycles. The fraction of sp³-hybridized carbons (Fsp3) is 0.200. The number of carbonyl (C=O) groups is 1. The van der Waals surface area contributed by atoms with Gasteiger partial charge in [-0.2, -0.15) is 0 Å². The number of anilines is 1. The average molecular weight is 363 g/mol. The minimum atomic E-state index is -0.536. The van der Waals surface area contributed by atoms with Crippen molar-refractivity contribution in [2.45, 2.75) is 18.3 Å². The largest absolute Gasteiger partial charge is 0.368 e. The number of carbonyl (C=O) groups excluding carboxylic acids is 1. The van der Waals surface area contributed by atoms with Crippen LogP contribution in [0.4, 0.5) is 10.2 Å². The molecule has 1 aliphatic carbocycles. The van der Waals surface area contributed by atoms with Crippen LogP contribution >= 0.6 is 0 Å². The first-order chi connectivity index (χ1) is 13.1. The molecule has 0 atom stereocenters. The normalized spacial score (nSPS) is 14.6. The molecule has 7 heteroatoms. The monoisotopic (exact) mass is 363 g/mol. The second kappa shape index (κ2) is 6.75. The first-order valence-corrected chi connectivity index (χ1v) is 8.65. The van der Waals surface area contributed by atoms with E-state index in [4.69, 9.17) is 5.73 Å². The lowest BCUT2D eigenvalue weighted by atomic mass is 9.96. The fourth-order valence-electron chi connectivity index (χ4n) is 3.08. The molecule has 1 aliphatic rings. The number of nitrogens with two attached hydrogens (primary N) is 1. The van der Waals surface area contributed by atoms with E-state index in [0.717, 1.165) is 18.4 Å². The van der Waals surface area contributed by atoms with Gasteiger partial charge in [0.15, 0.2) is 0 Å². The summed E-state index contributed by atoms with van der Waals surface area (Å²) < 4.78 is 13.1. The Hall–Kier alpha value is -3.35. The smallest absolute Gasteiger partial charge is 0.250 e. The standard InChI is InChI=1S/C20H18FN5O/c21-16-3-1-15(2-4-16)20(7-8-20)12-24-18-6-5-17(25-26-18)13-9-14(19(22)27)11-23-10-13/h1-6,9-11H,7-8,12H2,(H2,22,27)(H,24,26). The van der Waals surface area contributed by atoms with E-state index < -0.39 is 5.91 Å². The van der Waals surface area contributed by atoms with Gasteiger partial charge in [-0.15, -0.1) is 10.2 Å². The van der Waals surface area contributed by atoms with Crippen LogP contribution in [-0.4, -0.2) is 27.6 Å². The van der Waals surface area contributed by atoms with Crippen molar-refractivity contribution in [3.05, 3.63) is 71.8 Å². The maximum absolute atomic E-state index is 13.1. The van der Waals surface area contributed by atoms with Crippen LogP contribution in [0.25, 0.3) is 11.3 Å². The number of amides is 1. The average Bonchev–Trinajstić information content (AvgIpc) is 3.48.